The largest absolute Gasteiger partial charge is 0.491 e. The van der Waals surface area contributed by atoms with Gasteiger partial charge < -0.3 is 10.1 Å². The maximum atomic E-state index is 13.1. The quantitative estimate of drug-likeness (QED) is 0.499. The average molecular weight is 413 g/mol. The summed E-state index contributed by atoms with van der Waals surface area (Å²) in [6.07, 6.45) is 0. The number of H-pyrrole nitrogens is 1. The van der Waals surface area contributed by atoms with Gasteiger partial charge in [0.2, 0.25) is 0 Å². The van der Waals surface area contributed by atoms with Crippen molar-refractivity contribution in [3.8, 4) is 5.75 Å². The molecule has 1 unspecified atom stereocenters. The second kappa shape index (κ2) is 8.83. The molecule has 0 bridgehead atoms. The van der Waals surface area contributed by atoms with Crippen molar-refractivity contribution in [2.45, 2.75) is 19.9 Å². The summed E-state index contributed by atoms with van der Waals surface area (Å²) >= 11 is 0. The predicted octanol–water partition coefficient (Wildman–Crippen LogP) is 4.09. The number of benzene rings is 3. The van der Waals surface area contributed by atoms with Crippen LogP contribution in [0.5, 0.6) is 5.75 Å². The molecule has 0 radical (unpaired) electrons. The number of aromatic nitrogens is 2. The molecule has 1 amide bonds. The molecule has 0 spiro atoms. The standard InChI is InChI=1S/C25H23N3O3/c1-16-9-8-10-17(2)23(16)31-15-21(18-11-4-3-5-12-18)26-25(30)22-19-13-6-7-14-20(19)24(29)28-27-22/h3-14,21H,15H2,1-2H3,(H,26,30)(H,28,29). The molecule has 0 fully saturated rings. The number of nitrogens with one attached hydrogen (secondary N) is 2. The number of para-hydroxylation sites is 1. The summed E-state index contributed by atoms with van der Waals surface area (Å²) in [5.41, 5.74) is 2.82. The number of nitrogens with zero attached hydrogens (tertiary/aromatic N) is 1. The summed E-state index contributed by atoms with van der Waals surface area (Å²) in [6.45, 7) is 4.24. The highest BCUT2D eigenvalue weighted by molar-refractivity contribution is 6.04. The molecule has 2 N–H and O–H groups in total. The van der Waals surface area contributed by atoms with Gasteiger partial charge in [-0.05, 0) is 36.6 Å². The van der Waals surface area contributed by atoms with E-state index in [2.05, 4.69) is 15.5 Å². The Morgan fingerprint density at radius 3 is 2.29 bits per heavy atom. The van der Waals surface area contributed by atoms with Gasteiger partial charge in [-0.1, -0.05) is 66.7 Å². The fraction of sp³-hybridized carbons (Fsp3) is 0.160. The molecule has 0 saturated heterocycles. The van der Waals surface area contributed by atoms with Crippen molar-refractivity contribution < 1.29 is 9.53 Å². The van der Waals surface area contributed by atoms with E-state index in [4.69, 9.17) is 4.74 Å². The van der Waals surface area contributed by atoms with Gasteiger partial charge in [-0.15, -0.1) is 0 Å². The van der Waals surface area contributed by atoms with Crippen molar-refractivity contribution in [1.29, 1.82) is 0 Å². The molecule has 4 rings (SSSR count). The highest BCUT2D eigenvalue weighted by atomic mass is 16.5. The highest BCUT2D eigenvalue weighted by Crippen LogP contribution is 2.24. The number of hydrogen-bond donors (Lipinski definition) is 2. The number of ether oxygens (including phenoxy) is 1. The summed E-state index contributed by atoms with van der Waals surface area (Å²) < 4.78 is 6.13. The Balaban J connectivity index is 1.63. The minimum absolute atomic E-state index is 0.170. The van der Waals surface area contributed by atoms with E-state index in [1.54, 1.807) is 24.3 Å². The van der Waals surface area contributed by atoms with Crippen LogP contribution in [0.3, 0.4) is 0 Å². The molecule has 1 atom stereocenters. The van der Waals surface area contributed by atoms with Gasteiger partial charge in [0.05, 0.1) is 11.4 Å². The lowest BCUT2D eigenvalue weighted by molar-refractivity contribution is 0.0917. The molecule has 6 nitrogen and oxygen atoms in total. The molecule has 0 aliphatic rings. The SMILES string of the molecule is Cc1cccc(C)c1OCC(NC(=O)c1n[nH]c(=O)c2ccccc12)c1ccccc1. The molecular formula is C25H23N3O3. The Morgan fingerprint density at radius 1 is 0.935 bits per heavy atom. The van der Waals surface area contributed by atoms with Crippen LogP contribution in [0.1, 0.15) is 33.2 Å². The van der Waals surface area contributed by atoms with Crippen LogP contribution in [0.25, 0.3) is 10.8 Å². The number of aryl methyl sites for hydroxylation is 2. The highest BCUT2D eigenvalue weighted by Gasteiger charge is 2.20. The second-order valence-electron chi connectivity index (χ2n) is 7.42. The molecule has 4 aromatic rings. The molecule has 0 aliphatic carbocycles. The van der Waals surface area contributed by atoms with Crippen LogP contribution in [0.2, 0.25) is 0 Å². The first-order valence-electron chi connectivity index (χ1n) is 10.1. The third-order valence-corrected chi connectivity index (χ3v) is 5.22. The molecule has 31 heavy (non-hydrogen) atoms. The van der Waals surface area contributed by atoms with Crippen LogP contribution >= 0.6 is 0 Å². The summed E-state index contributed by atoms with van der Waals surface area (Å²) in [4.78, 5) is 25.2. The van der Waals surface area contributed by atoms with E-state index >= 15 is 0 Å². The number of carbonyl (C=O) groups is 1. The maximum absolute atomic E-state index is 13.1. The fourth-order valence-corrected chi connectivity index (χ4v) is 3.61. The van der Waals surface area contributed by atoms with Crippen LogP contribution in [0, 0.1) is 13.8 Å². The van der Waals surface area contributed by atoms with Gasteiger partial charge in [0, 0.05) is 5.39 Å². The van der Waals surface area contributed by atoms with Crippen LogP contribution in [0.15, 0.2) is 77.6 Å². The number of hydrogen-bond acceptors (Lipinski definition) is 4. The molecule has 156 valence electrons. The van der Waals surface area contributed by atoms with Crippen LogP contribution in [0.4, 0.5) is 0 Å². The first-order chi connectivity index (χ1) is 15.0. The van der Waals surface area contributed by atoms with E-state index in [0.717, 1.165) is 22.4 Å². The molecule has 3 aromatic carbocycles. The number of aromatic amines is 1. The minimum atomic E-state index is -0.403. The van der Waals surface area contributed by atoms with Gasteiger partial charge >= 0.3 is 0 Å². The molecule has 1 heterocycles. The summed E-state index contributed by atoms with van der Waals surface area (Å²) in [5.74, 6) is 0.428. The van der Waals surface area contributed by atoms with Crippen molar-refractivity contribution in [2.75, 3.05) is 6.61 Å². The summed E-state index contributed by atoms with van der Waals surface area (Å²) in [7, 11) is 0. The molecule has 1 aromatic heterocycles. The zero-order valence-corrected chi connectivity index (χ0v) is 17.4. The smallest absolute Gasteiger partial charge is 0.272 e. The van der Waals surface area contributed by atoms with E-state index < -0.39 is 6.04 Å². The van der Waals surface area contributed by atoms with E-state index in [9.17, 15) is 9.59 Å². The fourth-order valence-electron chi connectivity index (χ4n) is 3.61. The monoisotopic (exact) mass is 413 g/mol. The van der Waals surface area contributed by atoms with Gasteiger partial charge in [0.1, 0.15) is 12.4 Å². The Morgan fingerprint density at radius 2 is 1.58 bits per heavy atom. The molecule has 0 saturated carbocycles. The van der Waals surface area contributed by atoms with Crippen molar-refractivity contribution in [2.24, 2.45) is 0 Å². The lowest BCUT2D eigenvalue weighted by atomic mass is 10.1. The van der Waals surface area contributed by atoms with Crippen LogP contribution < -0.4 is 15.6 Å². The zero-order valence-electron chi connectivity index (χ0n) is 17.4. The van der Waals surface area contributed by atoms with E-state index in [0.29, 0.717) is 10.8 Å². The van der Waals surface area contributed by atoms with Crippen LogP contribution in [-0.2, 0) is 0 Å². The maximum Gasteiger partial charge on any atom is 0.272 e. The first-order valence-corrected chi connectivity index (χ1v) is 10.1. The third kappa shape index (κ3) is 4.33. The lowest BCUT2D eigenvalue weighted by Crippen LogP contribution is -2.34. The summed E-state index contributed by atoms with van der Waals surface area (Å²) in [5, 5.41) is 10.4. The van der Waals surface area contributed by atoms with Gasteiger partial charge in [0.15, 0.2) is 5.69 Å². The van der Waals surface area contributed by atoms with Crippen molar-refractivity contribution in [3.63, 3.8) is 0 Å². The van der Waals surface area contributed by atoms with Gasteiger partial charge in [0.25, 0.3) is 11.5 Å². The number of carbonyl (C=O) groups excluding carboxylic acids is 1. The lowest BCUT2D eigenvalue weighted by Gasteiger charge is -2.21. The third-order valence-electron chi connectivity index (χ3n) is 5.22. The minimum Gasteiger partial charge on any atom is -0.491 e. The summed E-state index contributed by atoms with van der Waals surface area (Å²) in [6, 6.07) is 22.1. The van der Waals surface area contributed by atoms with E-state index in [1.807, 2.05) is 62.4 Å². The second-order valence-corrected chi connectivity index (χ2v) is 7.42. The molecule has 6 heteroatoms. The van der Waals surface area contributed by atoms with Crippen molar-refractivity contribution in [3.05, 3.63) is 106 Å². The predicted molar refractivity (Wildman–Crippen MR) is 120 cm³/mol. The van der Waals surface area contributed by atoms with Crippen molar-refractivity contribution in [1.82, 2.24) is 15.5 Å². The Bertz CT molecular complexity index is 1260. The zero-order chi connectivity index (χ0) is 21.8. The average Bonchev–Trinajstić information content (AvgIpc) is 2.79. The number of fused-ring (bicyclic) bond motifs is 1. The van der Waals surface area contributed by atoms with E-state index in [-0.39, 0.29) is 23.8 Å². The van der Waals surface area contributed by atoms with Crippen molar-refractivity contribution >= 4 is 16.7 Å². The van der Waals surface area contributed by atoms with Gasteiger partial charge in [-0.3, -0.25) is 9.59 Å². The molecule has 0 aliphatic heterocycles. The normalized spacial score (nSPS) is 11.8. The topological polar surface area (TPSA) is 84.1 Å². The number of amides is 1. The number of rotatable bonds is 6. The molecular weight excluding hydrogens is 390 g/mol. The van der Waals surface area contributed by atoms with Gasteiger partial charge in [-0.25, -0.2) is 5.10 Å². The Hall–Kier alpha value is -3.93. The van der Waals surface area contributed by atoms with Crippen LogP contribution in [-0.4, -0.2) is 22.7 Å². The first kappa shape index (κ1) is 20.3. The Labute approximate surface area is 179 Å². The Kier molecular flexibility index (Phi) is 5.80. The van der Waals surface area contributed by atoms with E-state index in [1.165, 1.54) is 0 Å². The van der Waals surface area contributed by atoms with Gasteiger partial charge in [-0.2, -0.15) is 5.10 Å².